The molecule has 3 rings (SSSR count). The van der Waals surface area contributed by atoms with Gasteiger partial charge >= 0.3 is 5.97 Å². The van der Waals surface area contributed by atoms with Gasteiger partial charge in [-0.1, -0.05) is 63.2 Å². The van der Waals surface area contributed by atoms with E-state index >= 15 is 0 Å². The van der Waals surface area contributed by atoms with Gasteiger partial charge in [-0.3, -0.25) is 4.79 Å². The molecule has 0 spiro atoms. The van der Waals surface area contributed by atoms with Crippen molar-refractivity contribution in [3.05, 3.63) is 72.1 Å². The largest absolute Gasteiger partial charge is 0.481 e. The fraction of sp³-hybridized carbons (Fsp3) is 0.318. The fourth-order valence-corrected chi connectivity index (χ4v) is 7.02. The summed E-state index contributed by atoms with van der Waals surface area (Å²) in [6, 6.07) is 19.5. The molecule has 2 aromatic rings. The van der Waals surface area contributed by atoms with Crippen molar-refractivity contribution in [3.63, 3.8) is 0 Å². The number of carboxylic acids is 1. The Morgan fingerprint density at radius 1 is 0.964 bits per heavy atom. The van der Waals surface area contributed by atoms with E-state index in [2.05, 4.69) is 0 Å². The summed E-state index contributed by atoms with van der Waals surface area (Å²) >= 11 is 0. The number of hydrogen-bond acceptors (Lipinski definition) is 4. The van der Waals surface area contributed by atoms with Gasteiger partial charge in [-0.15, -0.1) is 0 Å². The van der Waals surface area contributed by atoms with Crippen LogP contribution in [0.4, 0.5) is 11.4 Å². The van der Waals surface area contributed by atoms with Crippen LogP contribution in [0.1, 0.15) is 27.2 Å². The van der Waals surface area contributed by atoms with E-state index in [1.807, 2.05) is 96.9 Å². The van der Waals surface area contributed by atoms with Crippen LogP contribution in [0.5, 0.6) is 0 Å². The topological polar surface area (TPSA) is 64.0 Å². The minimum Gasteiger partial charge on any atom is -0.481 e. The van der Waals surface area contributed by atoms with Gasteiger partial charge in [0.1, 0.15) is 0 Å². The zero-order valence-electron chi connectivity index (χ0n) is 16.6. The molecule has 0 bridgehead atoms. The van der Waals surface area contributed by atoms with Gasteiger partial charge in [0.2, 0.25) is 0 Å². The molecule has 0 aliphatic carbocycles. The first-order valence-electron chi connectivity index (χ1n) is 9.44. The average Bonchev–Trinajstić information content (AvgIpc) is 2.99. The van der Waals surface area contributed by atoms with Crippen molar-refractivity contribution in [3.8, 4) is 0 Å². The van der Waals surface area contributed by atoms with E-state index in [0.717, 1.165) is 11.4 Å². The zero-order valence-corrected chi connectivity index (χ0v) is 17.5. The van der Waals surface area contributed by atoms with Crippen molar-refractivity contribution >= 4 is 25.1 Å². The van der Waals surface area contributed by atoms with Gasteiger partial charge in [-0.25, -0.2) is 0 Å². The van der Waals surface area contributed by atoms with Crippen LogP contribution in [0.2, 0.25) is 0 Å². The van der Waals surface area contributed by atoms with Gasteiger partial charge in [0.15, 0.2) is 7.79 Å². The van der Waals surface area contributed by atoms with E-state index in [9.17, 15) is 14.8 Å². The van der Waals surface area contributed by atoms with Crippen molar-refractivity contribution in [2.24, 2.45) is 5.41 Å². The molecule has 1 fully saturated rings. The number of rotatable bonds is 5. The Labute approximate surface area is 167 Å². The molecule has 1 saturated heterocycles. The summed E-state index contributed by atoms with van der Waals surface area (Å²) in [5, 5.41) is 10.2. The van der Waals surface area contributed by atoms with Crippen molar-refractivity contribution in [1.29, 1.82) is 0 Å². The third-order valence-corrected chi connectivity index (χ3v) is 7.89. The number of allylic oxidation sites excluding steroid dienone is 1. The summed E-state index contributed by atoms with van der Waals surface area (Å²) in [6.45, 7) is 7.33. The van der Waals surface area contributed by atoms with Crippen LogP contribution >= 0.6 is 7.79 Å². The van der Waals surface area contributed by atoms with E-state index in [4.69, 9.17) is 0 Å². The number of carboxylic acid groups (broad SMARTS) is 1. The summed E-state index contributed by atoms with van der Waals surface area (Å²) < 4.78 is 4.00. The number of aliphatic carboxylic acids is 1. The summed E-state index contributed by atoms with van der Waals surface area (Å²) in [4.78, 5) is 23.9. The maximum atomic E-state index is 12.2. The molecule has 0 saturated carbocycles. The van der Waals surface area contributed by atoms with Crippen LogP contribution in [-0.2, 0) is 4.79 Å². The van der Waals surface area contributed by atoms with E-state index in [1.54, 1.807) is 0 Å². The SMILES string of the molecule is CC(C)(C)/C=C(\CC(=O)O)[P]1(O)N(c2ccccc2)CCN1c1ccccc1. The predicted octanol–water partition coefficient (Wildman–Crippen LogP) is 5.17. The third kappa shape index (κ3) is 4.21. The first-order valence-corrected chi connectivity index (χ1v) is 11.1. The van der Waals surface area contributed by atoms with E-state index in [1.165, 1.54) is 0 Å². The van der Waals surface area contributed by atoms with Gasteiger partial charge in [-0.05, 0) is 29.7 Å². The monoisotopic (exact) mass is 399 g/mol. The van der Waals surface area contributed by atoms with Gasteiger partial charge in [0.05, 0.1) is 6.42 Å². The van der Waals surface area contributed by atoms with Crippen LogP contribution in [0.25, 0.3) is 0 Å². The second-order valence-electron chi connectivity index (χ2n) is 8.06. The van der Waals surface area contributed by atoms with Crippen LogP contribution < -0.4 is 9.34 Å². The lowest BCUT2D eigenvalue weighted by molar-refractivity contribution is -0.136. The lowest BCUT2D eigenvalue weighted by Crippen LogP contribution is -2.27. The zero-order chi connectivity index (χ0) is 20.4. The highest BCUT2D eigenvalue weighted by Gasteiger charge is 2.48. The number of benzene rings is 2. The lowest BCUT2D eigenvalue weighted by Gasteiger charge is -2.44. The lowest BCUT2D eigenvalue weighted by atomic mass is 9.96. The van der Waals surface area contributed by atoms with Crippen LogP contribution in [-0.4, -0.2) is 29.1 Å². The second kappa shape index (κ2) is 7.94. The standard InChI is InChI=1S/C22H28N2O3P/c1-22(2,3)17-20(16-21(25)26)28(27)23(18-10-6-4-7-11-18)14-15-24(28)19-12-8-5-9-13-19/h4-13,17,27H,14-16H2,1-3H3,(H,25,26)/b20-17+. The highest BCUT2D eigenvalue weighted by Crippen LogP contribution is 2.73. The van der Waals surface area contributed by atoms with Gasteiger partial charge in [0, 0.05) is 29.8 Å². The maximum Gasteiger partial charge on any atom is 0.308 e. The molecule has 1 aliphatic heterocycles. The quantitative estimate of drug-likeness (QED) is 0.679. The first-order chi connectivity index (χ1) is 13.2. The molecule has 5 nitrogen and oxygen atoms in total. The van der Waals surface area contributed by atoms with Crippen molar-refractivity contribution < 1.29 is 14.8 Å². The Bertz CT molecular complexity index is 800. The molecule has 0 unspecified atom stereocenters. The molecular formula is C22H28N2O3P. The Balaban J connectivity index is 2.18. The molecule has 1 heterocycles. The Morgan fingerprint density at radius 3 is 1.75 bits per heavy atom. The van der Waals surface area contributed by atoms with Gasteiger partial charge < -0.3 is 19.3 Å². The molecular weight excluding hydrogens is 371 g/mol. The minimum atomic E-state index is -3.10. The average molecular weight is 399 g/mol. The minimum absolute atomic E-state index is 0.186. The number of carbonyl (C=O) groups is 1. The van der Waals surface area contributed by atoms with Crippen LogP contribution in [0.15, 0.2) is 72.1 Å². The maximum absolute atomic E-state index is 12.2. The first kappa shape index (κ1) is 20.4. The number of anilines is 2. The molecule has 1 aliphatic rings. The Morgan fingerprint density at radius 2 is 1.39 bits per heavy atom. The van der Waals surface area contributed by atoms with Crippen LogP contribution in [0.3, 0.4) is 0 Å². The third-order valence-electron chi connectivity index (χ3n) is 4.62. The molecule has 0 atom stereocenters. The predicted molar refractivity (Wildman–Crippen MR) is 117 cm³/mol. The number of nitrogens with zero attached hydrogens (tertiary/aromatic N) is 2. The number of hydrogen-bond donors (Lipinski definition) is 2. The molecule has 1 radical (unpaired) electrons. The van der Waals surface area contributed by atoms with E-state index < -0.39 is 13.8 Å². The van der Waals surface area contributed by atoms with Crippen molar-refractivity contribution in [2.75, 3.05) is 22.4 Å². The molecule has 149 valence electrons. The highest BCUT2D eigenvalue weighted by molar-refractivity contribution is 7.77. The number of para-hydroxylation sites is 2. The van der Waals surface area contributed by atoms with Crippen LogP contribution in [0, 0.1) is 5.41 Å². The fourth-order valence-electron chi connectivity index (χ4n) is 3.59. The molecule has 6 heteroatoms. The van der Waals surface area contributed by atoms with Crippen molar-refractivity contribution in [1.82, 2.24) is 0 Å². The van der Waals surface area contributed by atoms with Crippen molar-refractivity contribution in [2.45, 2.75) is 27.2 Å². The molecule has 28 heavy (non-hydrogen) atoms. The summed E-state index contributed by atoms with van der Waals surface area (Å²) in [6.07, 6.45) is 1.75. The van der Waals surface area contributed by atoms with Gasteiger partial charge in [-0.2, -0.15) is 0 Å². The smallest absolute Gasteiger partial charge is 0.308 e. The normalized spacial score (nSPS) is 17.1. The second-order valence-corrected chi connectivity index (χ2v) is 10.7. The molecule has 0 aromatic heterocycles. The molecule has 2 aromatic carbocycles. The Kier molecular flexibility index (Phi) is 5.78. The summed E-state index contributed by atoms with van der Waals surface area (Å²) in [5.41, 5.74) is 1.55. The summed E-state index contributed by atoms with van der Waals surface area (Å²) in [5.74, 6) is -0.933. The molecule has 2 N–H and O–H groups in total. The Hall–Kier alpha value is -2.36. The molecule has 0 amide bonds. The summed E-state index contributed by atoms with van der Waals surface area (Å²) in [7, 11) is -3.10. The van der Waals surface area contributed by atoms with E-state index in [0.29, 0.717) is 18.4 Å². The highest BCUT2D eigenvalue weighted by atomic mass is 31.2. The van der Waals surface area contributed by atoms with E-state index in [-0.39, 0.29) is 11.8 Å². The van der Waals surface area contributed by atoms with Gasteiger partial charge in [0.25, 0.3) is 0 Å².